The van der Waals surface area contributed by atoms with Crippen molar-refractivity contribution < 1.29 is 9.72 Å². The van der Waals surface area contributed by atoms with Gasteiger partial charge in [-0.05, 0) is 18.4 Å². The highest BCUT2D eigenvalue weighted by Gasteiger charge is 2.15. The van der Waals surface area contributed by atoms with E-state index in [4.69, 9.17) is 0 Å². The van der Waals surface area contributed by atoms with Gasteiger partial charge in [-0.2, -0.15) is 0 Å². The lowest BCUT2D eigenvalue weighted by Gasteiger charge is -2.10. The smallest absolute Gasteiger partial charge is 0.288 e. The first-order valence-corrected chi connectivity index (χ1v) is 7.59. The first-order valence-electron chi connectivity index (χ1n) is 7.59. The van der Waals surface area contributed by atoms with Crippen LogP contribution in [0.1, 0.15) is 5.56 Å². The Morgan fingerprint density at radius 1 is 1.20 bits per heavy atom. The SMILES string of the molecule is Cc1cc(=O)n(CC(=O)Nc2cccc3ccccc23)cc1[N+](=O)[O-]. The number of aryl methyl sites for hydroxylation is 1. The molecule has 0 bridgehead atoms. The second kappa shape index (κ2) is 6.56. The minimum absolute atomic E-state index is 0.197. The molecule has 0 fully saturated rings. The van der Waals surface area contributed by atoms with Crippen LogP contribution in [0, 0.1) is 17.0 Å². The van der Waals surface area contributed by atoms with Crippen molar-refractivity contribution in [2.45, 2.75) is 13.5 Å². The van der Waals surface area contributed by atoms with Gasteiger partial charge < -0.3 is 5.32 Å². The van der Waals surface area contributed by atoms with Gasteiger partial charge in [0.25, 0.3) is 11.2 Å². The fraction of sp³-hybridized carbons (Fsp3) is 0.111. The van der Waals surface area contributed by atoms with Crippen LogP contribution in [-0.4, -0.2) is 15.4 Å². The van der Waals surface area contributed by atoms with Crippen LogP contribution in [0.2, 0.25) is 0 Å². The first-order chi connectivity index (χ1) is 12.0. The number of aromatic nitrogens is 1. The van der Waals surface area contributed by atoms with E-state index in [1.807, 2.05) is 36.4 Å². The highest BCUT2D eigenvalue weighted by Crippen LogP contribution is 2.23. The standard InChI is InChI=1S/C18H15N3O4/c1-12-9-18(23)20(10-16(12)21(24)25)11-17(22)19-15-8-4-6-13-5-2-3-7-14(13)15/h2-10H,11H2,1H3,(H,19,22). The molecule has 3 rings (SSSR count). The molecule has 126 valence electrons. The summed E-state index contributed by atoms with van der Waals surface area (Å²) in [5, 5.41) is 15.6. The van der Waals surface area contributed by atoms with Crippen molar-refractivity contribution in [1.82, 2.24) is 4.57 Å². The van der Waals surface area contributed by atoms with E-state index in [9.17, 15) is 19.7 Å². The van der Waals surface area contributed by atoms with E-state index >= 15 is 0 Å². The maximum Gasteiger partial charge on any atom is 0.288 e. The number of amides is 1. The van der Waals surface area contributed by atoms with E-state index in [2.05, 4.69) is 5.32 Å². The van der Waals surface area contributed by atoms with Crippen LogP contribution >= 0.6 is 0 Å². The summed E-state index contributed by atoms with van der Waals surface area (Å²) in [4.78, 5) is 34.7. The number of hydrogen-bond donors (Lipinski definition) is 1. The van der Waals surface area contributed by atoms with Crippen LogP contribution in [-0.2, 0) is 11.3 Å². The number of anilines is 1. The van der Waals surface area contributed by atoms with Gasteiger partial charge in [-0.3, -0.25) is 24.3 Å². The zero-order valence-corrected chi connectivity index (χ0v) is 13.4. The average molecular weight is 337 g/mol. The Balaban J connectivity index is 1.87. The van der Waals surface area contributed by atoms with Gasteiger partial charge in [-0.15, -0.1) is 0 Å². The third-order valence-electron chi connectivity index (χ3n) is 3.88. The van der Waals surface area contributed by atoms with Crippen molar-refractivity contribution >= 4 is 28.1 Å². The van der Waals surface area contributed by atoms with Crippen molar-refractivity contribution in [1.29, 1.82) is 0 Å². The molecule has 3 aromatic rings. The Morgan fingerprint density at radius 3 is 2.68 bits per heavy atom. The average Bonchev–Trinajstić information content (AvgIpc) is 2.57. The number of nitro groups is 1. The Morgan fingerprint density at radius 2 is 1.92 bits per heavy atom. The van der Waals surface area contributed by atoms with Gasteiger partial charge in [0, 0.05) is 22.7 Å². The van der Waals surface area contributed by atoms with Crippen molar-refractivity contribution in [3.8, 4) is 0 Å². The summed E-state index contributed by atoms with van der Waals surface area (Å²) >= 11 is 0. The number of nitrogens with one attached hydrogen (secondary N) is 1. The quantitative estimate of drug-likeness (QED) is 0.585. The van der Waals surface area contributed by atoms with Crippen LogP contribution < -0.4 is 10.9 Å². The monoisotopic (exact) mass is 337 g/mol. The number of benzene rings is 2. The molecule has 0 saturated heterocycles. The van der Waals surface area contributed by atoms with Gasteiger partial charge in [-0.25, -0.2) is 0 Å². The molecule has 1 amide bonds. The van der Waals surface area contributed by atoms with E-state index in [1.165, 1.54) is 6.92 Å². The predicted octanol–water partition coefficient (Wildman–Crippen LogP) is 2.86. The summed E-state index contributed by atoms with van der Waals surface area (Å²) in [7, 11) is 0. The van der Waals surface area contributed by atoms with Crippen molar-refractivity contribution in [3.05, 3.63) is 80.8 Å². The van der Waals surface area contributed by atoms with Gasteiger partial charge in [0.2, 0.25) is 5.91 Å². The maximum absolute atomic E-state index is 12.3. The van der Waals surface area contributed by atoms with Gasteiger partial charge >= 0.3 is 0 Å². The zero-order chi connectivity index (χ0) is 18.0. The Kier molecular flexibility index (Phi) is 4.30. The van der Waals surface area contributed by atoms with Crippen molar-refractivity contribution in [2.75, 3.05) is 5.32 Å². The lowest BCUT2D eigenvalue weighted by molar-refractivity contribution is -0.385. The van der Waals surface area contributed by atoms with E-state index in [1.54, 1.807) is 6.07 Å². The number of carbonyl (C=O) groups is 1. The molecule has 0 radical (unpaired) electrons. The topological polar surface area (TPSA) is 94.2 Å². The van der Waals surface area contributed by atoms with Crippen LogP contribution in [0.15, 0.2) is 59.5 Å². The maximum atomic E-state index is 12.3. The minimum atomic E-state index is -0.576. The molecule has 0 aliphatic heterocycles. The molecular weight excluding hydrogens is 322 g/mol. The largest absolute Gasteiger partial charge is 0.324 e. The molecule has 1 N–H and O–H groups in total. The van der Waals surface area contributed by atoms with Crippen LogP contribution in [0.5, 0.6) is 0 Å². The number of carbonyl (C=O) groups excluding carboxylic acids is 1. The summed E-state index contributed by atoms with van der Waals surface area (Å²) in [6.45, 7) is 1.18. The summed E-state index contributed by atoms with van der Waals surface area (Å²) in [5.41, 5.74) is 0.229. The molecule has 1 heterocycles. The van der Waals surface area contributed by atoms with E-state index < -0.39 is 16.4 Å². The summed E-state index contributed by atoms with van der Waals surface area (Å²) in [6.07, 6.45) is 1.10. The van der Waals surface area contributed by atoms with Gasteiger partial charge in [0.1, 0.15) is 6.54 Å². The molecular formula is C18H15N3O4. The van der Waals surface area contributed by atoms with E-state index in [-0.39, 0.29) is 17.8 Å². The van der Waals surface area contributed by atoms with Crippen LogP contribution in [0.3, 0.4) is 0 Å². The predicted molar refractivity (Wildman–Crippen MR) is 94.7 cm³/mol. The number of fused-ring (bicyclic) bond motifs is 1. The van der Waals surface area contributed by atoms with Crippen LogP contribution in [0.4, 0.5) is 11.4 Å². The molecule has 0 atom stereocenters. The van der Waals surface area contributed by atoms with Crippen molar-refractivity contribution in [2.24, 2.45) is 0 Å². The number of pyridine rings is 1. The Hall–Kier alpha value is -3.48. The van der Waals surface area contributed by atoms with Crippen molar-refractivity contribution in [3.63, 3.8) is 0 Å². The highest BCUT2D eigenvalue weighted by atomic mass is 16.6. The zero-order valence-electron chi connectivity index (χ0n) is 13.4. The summed E-state index contributed by atoms with van der Waals surface area (Å²) < 4.78 is 1.03. The molecule has 25 heavy (non-hydrogen) atoms. The third kappa shape index (κ3) is 3.40. The number of rotatable bonds is 4. The van der Waals surface area contributed by atoms with E-state index in [0.717, 1.165) is 27.6 Å². The highest BCUT2D eigenvalue weighted by molar-refractivity contribution is 6.02. The molecule has 0 aliphatic rings. The normalized spacial score (nSPS) is 10.6. The van der Waals surface area contributed by atoms with Gasteiger partial charge in [0.05, 0.1) is 11.1 Å². The van der Waals surface area contributed by atoms with Crippen LogP contribution in [0.25, 0.3) is 10.8 Å². The Labute approximate surface area is 142 Å². The molecule has 7 nitrogen and oxygen atoms in total. The lowest BCUT2D eigenvalue weighted by Crippen LogP contribution is -2.27. The van der Waals surface area contributed by atoms with E-state index in [0.29, 0.717) is 5.69 Å². The second-order valence-corrected chi connectivity index (χ2v) is 5.64. The molecule has 0 unspecified atom stereocenters. The molecule has 2 aromatic carbocycles. The molecule has 0 spiro atoms. The minimum Gasteiger partial charge on any atom is -0.324 e. The summed E-state index contributed by atoms with van der Waals surface area (Å²) in [5.74, 6) is -0.434. The summed E-state index contributed by atoms with van der Waals surface area (Å²) in [6, 6.07) is 14.3. The molecule has 7 heteroatoms. The fourth-order valence-corrected chi connectivity index (χ4v) is 2.65. The van der Waals surface area contributed by atoms with Gasteiger partial charge in [0.15, 0.2) is 0 Å². The van der Waals surface area contributed by atoms with Gasteiger partial charge in [-0.1, -0.05) is 36.4 Å². The first kappa shape index (κ1) is 16.4. The Bertz CT molecular complexity index is 1030. The fourth-order valence-electron chi connectivity index (χ4n) is 2.65. The third-order valence-corrected chi connectivity index (χ3v) is 3.88. The molecule has 0 saturated carbocycles. The number of hydrogen-bond acceptors (Lipinski definition) is 4. The molecule has 1 aromatic heterocycles. The molecule has 0 aliphatic carbocycles. The number of nitrogens with zero attached hydrogens (tertiary/aromatic N) is 2. The second-order valence-electron chi connectivity index (χ2n) is 5.64. The lowest BCUT2D eigenvalue weighted by atomic mass is 10.1.